The van der Waals surface area contributed by atoms with E-state index < -0.39 is 0 Å². The van der Waals surface area contributed by atoms with Gasteiger partial charge in [-0.05, 0) is 127 Å². The molecule has 0 unspecified atom stereocenters. The number of thiophene rings is 2. The summed E-state index contributed by atoms with van der Waals surface area (Å²) >= 11 is 3.86. The summed E-state index contributed by atoms with van der Waals surface area (Å²) in [6, 6.07) is 19.2. The largest absolute Gasteiger partial charge is 0.309 e. The molecule has 1 aliphatic rings. The molecule has 0 spiro atoms. The summed E-state index contributed by atoms with van der Waals surface area (Å²) in [6.07, 6.45) is 4.81. The first-order valence-electron chi connectivity index (χ1n) is 12.8. The van der Waals surface area contributed by atoms with Crippen molar-refractivity contribution >= 4 is 32.1 Å². The minimum absolute atomic E-state index is 0.0872. The van der Waals surface area contributed by atoms with Gasteiger partial charge in [-0.15, -0.1) is 22.7 Å². The van der Waals surface area contributed by atoms with E-state index in [2.05, 4.69) is 100 Å². The third kappa shape index (κ3) is 4.74. The van der Waals surface area contributed by atoms with Crippen LogP contribution in [-0.2, 0) is 5.41 Å². The Balaban J connectivity index is 1.63. The van der Waals surface area contributed by atoms with Gasteiger partial charge in [-0.1, -0.05) is 35.9 Å². The first kappa shape index (κ1) is 24.7. The molecule has 184 valence electrons. The second-order valence-corrected chi connectivity index (χ2v) is 13.3. The molecule has 0 saturated carbocycles. The van der Waals surface area contributed by atoms with Gasteiger partial charge in [0.2, 0.25) is 0 Å². The van der Waals surface area contributed by atoms with E-state index in [9.17, 15) is 0 Å². The molecule has 0 radical (unpaired) electrons. The number of hydrogen-bond donors (Lipinski definition) is 0. The van der Waals surface area contributed by atoms with E-state index in [1.165, 1.54) is 67.1 Å². The molecule has 5 rings (SSSR count). The highest BCUT2D eigenvalue weighted by Crippen LogP contribution is 2.55. The Labute approximate surface area is 219 Å². The molecule has 0 aliphatic heterocycles. The van der Waals surface area contributed by atoms with Crippen molar-refractivity contribution in [3.8, 4) is 21.6 Å². The van der Waals surface area contributed by atoms with Gasteiger partial charge >= 0.3 is 0 Å². The minimum atomic E-state index is 0.0872. The third-order valence-electron chi connectivity index (χ3n) is 7.55. The lowest BCUT2D eigenvalue weighted by atomic mass is 9.70. The van der Waals surface area contributed by atoms with Crippen molar-refractivity contribution in [3.63, 3.8) is 0 Å². The molecule has 4 heteroatoms. The van der Waals surface area contributed by atoms with E-state index in [1.54, 1.807) is 11.1 Å². The molecule has 2 aromatic carbocycles. The van der Waals surface area contributed by atoms with E-state index in [0.717, 1.165) is 13.1 Å². The molecular formula is C31H38N2S2. The summed E-state index contributed by atoms with van der Waals surface area (Å²) in [4.78, 5) is 7.46. The topological polar surface area (TPSA) is 6.48 Å². The van der Waals surface area contributed by atoms with Crippen LogP contribution in [0.15, 0.2) is 48.5 Å². The average molecular weight is 503 g/mol. The van der Waals surface area contributed by atoms with Gasteiger partial charge in [-0.25, -0.2) is 0 Å². The molecule has 0 fully saturated rings. The van der Waals surface area contributed by atoms with Gasteiger partial charge in [0, 0.05) is 24.6 Å². The van der Waals surface area contributed by atoms with Gasteiger partial charge in [0.15, 0.2) is 0 Å². The first-order valence-corrected chi connectivity index (χ1v) is 14.5. The molecule has 0 atom stereocenters. The Morgan fingerprint density at radius 2 is 1.29 bits per heavy atom. The van der Waals surface area contributed by atoms with E-state index in [-0.39, 0.29) is 5.41 Å². The van der Waals surface area contributed by atoms with Crippen LogP contribution in [0, 0.1) is 13.8 Å². The highest BCUT2D eigenvalue weighted by molar-refractivity contribution is 7.29. The maximum Gasteiger partial charge on any atom is 0.0459 e. The Morgan fingerprint density at radius 1 is 0.686 bits per heavy atom. The highest BCUT2D eigenvalue weighted by Gasteiger charge is 2.42. The molecular weight excluding hydrogens is 464 g/mol. The van der Waals surface area contributed by atoms with Crippen molar-refractivity contribution in [2.45, 2.75) is 44.9 Å². The number of benzene rings is 2. The van der Waals surface area contributed by atoms with E-state index in [4.69, 9.17) is 0 Å². The number of aryl methyl sites for hydroxylation is 2. The quantitative estimate of drug-likeness (QED) is 0.228. The van der Waals surface area contributed by atoms with E-state index >= 15 is 0 Å². The molecule has 0 bridgehead atoms. The summed E-state index contributed by atoms with van der Waals surface area (Å²) < 4.78 is 2.84. The normalized spacial score (nSPS) is 14.3. The summed E-state index contributed by atoms with van der Waals surface area (Å²) in [5.74, 6) is 0. The number of nitrogens with zero attached hydrogens (tertiary/aromatic N) is 2. The molecule has 0 saturated heterocycles. The van der Waals surface area contributed by atoms with Gasteiger partial charge in [-0.3, -0.25) is 0 Å². The molecule has 4 aromatic rings. The summed E-state index contributed by atoms with van der Waals surface area (Å²) in [6.45, 7) is 6.72. The zero-order valence-electron chi connectivity index (χ0n) is 22.1. The number of fused-ring (bicyclic) bond motifs is 4. The maximum atomic E-state index is 2.55. The SMILES string of the molecule is Cc1ccc2c(c1)C(CCCN(C)C)(CCCN(C)C)c1cc(-c3cc4sc(C)cc4s3)ccc1-2. The fraction of sp³-hybridized carbons (Fsp3) is 0.419. The molecule has 2 heterocycles. The fourth-order valence-electron chi connectivity index (χ4n) is 5.92. The minimum Gasteiger partial charge on any atom is -0.309 e. The second-order valence-electron chi connectivity index (χ2n) is 10.9. The smallest absolute Gasteiger partial charge is 0.0459 e. The zero-order valence-corrected chi connectivity index (χ0v) is 23.7. The average Bonchev–Trinajstić information content (AvgIpc) is 3.42. The van der Waals surface area contributed by atoms with Crippen molar-refractivity contribution in [2.75, 3.05) is 41.3 Å². The Kier molecular flexibility index (Phi) is 6.93. The third-order valence-corrected chi connectivity index (χ3v) is 9.81. The van der Waals surface area contributed by atoms with Crippen LogP contribution in [0.25, 0.3) is 31.0 Å². The fourth-order valence-corrected chi connectivity index (χ4v) is 8.23. The number of rotatable bonds is 9. The Bertz CT molecular complexity index is 1300. The monoisotopic (exact) mass is 502 g/mol. The van der Waals surface area contributed by atoms with Crippen molar-refractivity contribution in [1.29, 1.82) is 0 Å². The van der Waals surface area contributed by atoms with Crippen molar-refractivity contribution < 1.29 is 0 Å². The molecule has 2 nitrogen and oxygen atoms in total. The van der Waals surface area contributed by atoms with Crippen LogP contribution in [-0.4, -0.2) is 51.1 Å². The van der Waals surface area contributed by atoms with Crippen LogP contribution in [0.3, 0.4) is 0 Å². The predicted octanol–water partition coefficient (Wildman–Crippen LogP) is 8.20. The lowest BCUT2D eigenvalue weighted by Gasteiger charge is -2.34. The van der Waals surface area contributed by atoms with Crippen molar-refractivity contribution in [2.24, 2.45) is 0 Å². The lowest BCUT2D eigenvalue weighted by Crippen LogP contribution is -2.29. The van der Waals surface area contributed by atoms with Crippen LogP contribution in [0.2, 0.25) is 0 Å². The molecule has 35 heavy (non-hydrogen) atoms. The number of hydrogen-bond acceptors (Lipinski definition) is 4. The Hall–Kier alpha value is -1.98. The summed E-state index contributed by atoms with van der Waals surface area (Å²) in [5, 5.41) is 0. The van der Waals surface area contributed by atoms with Gasteiger partial charge in [0.25, 0.3) is 0 Å². The van der Waals surface area contributed by atoms with Crippen molar-refractivity contribution in [3.05, 3.63) is 70.1 Å². The van der Waals surface area contributed by atoms with Crippen LogP contribution in [0.5, 0.6) is 0 Å². The van der Waals surface area contributed by atoms with E-state index in [0.29, 0.717) is 0 Å². The first-order chi connectivity index (χ1) is 16.8. The highest BCUT2D eigenvalue weighted by atomic mass is 32.1. The van der Waals surface area contributed by atoms with Gasteiger partial charge < -0.3 is 9.80 Å². The summed E-state index contributed by atoms with van der Waals surface area (Å²) in [5.41, 5.74) is 8.86. The van der Waals surface area contributed by atoms with Crippen molar-refractivity contribution in [1.82, 2.24) is 9.80 Å². The molecule has 1 aliphatic carbocycles. The van der Waals surface area contributed by atoms with Gasteiger partial charge in [0.05, 0.1) is 0 Å². The predicted molar refractivity (Wildman–Crippen MR) is 156 cm³/mol. The van der Waals surface area contributed by atoms with Crippen LogP contribution < -0.4 is 0 Å². The molecule has 0 amide bonds. The summed E-state index contributed by atoms with van der Waals surface area (Å²) in [7, 11) is 8.78. The molecule has 0 N–H and O–H groups in total. The molecule has 2 aromatic heterocycles. The maximum absolute atomic E-state index is 2.55. The lowest BCUT2D eigenvalue weighted by molar-refractivity contribution is 0.328. The van der Waals surface area contributed by atoms with Crippen LogP contribution in [0.1, 0.15) is 47.3 Å². The standard InChI is InChI=1S/C31H38N2S2/c1-21-9-11-24-25-12-10-23(28-20-30-29(35-28)18-22(2)34-30)19-27(25)31(26(24)17-21,13-7-15-32(3)4)14-8-16-33(5)6/h9-12,17-20H,7-8,13-16H2,1-6H3. The second kappa shape index (κ2) is 9.82. The zero-order chi connectivity index (χ0) is 24.7. The van der Waals surface area contributed by atoms with Crippen LogP contribution in [0.4, 0.5) is 0 Å². The van der Waals surface area contributed by atoms with E-state index in [1.807, 2.05) is 22.7 Å². The van der Waals surface area contributed by atoms with Crippen LogP contribution >= 0.6 is 22.7 Å². The van der Waals surface area contributed by atoms with Gasteiger partial charge in [0.1, 0.15) is 0 Å². The van der Waals surface area contributed by atoms with Gasteiger partial charge in [-0.2, -0.15) is 0 Å². The Morgan fingerprint density at radius 3 is 1.91 bits per heavy atom.